The molecule has 10 heteroatoms. The van der Waals surface area contributed by atoms with Crippen LogP contribution in [0.3, 0.4) is 0 Å². The van der Waals surface area contributed by atoms with Gasteiger partial charge >= 0.3 is 12.1 Å². The fraction of sp³-hybridized carbons (Fsp3) is 0.400. The number of nitriles is 1. The molecule has 0 saturated carbocycles. The van der Waals surface area contributed by atoms with Crippen molar-refractivity contribution in [1.82, 2.24) is 10.2 Å². The lowest BCUT2D eigenvalue weighted by atomic mass is 9.79. The van der Waals surface area contributed by atoms with E-state index in [1.54, 1.807) is 14.1 Å². The third-order valence-corrected chi connectivity index (χ3v) is 5.89. The van der Waals surface area contributed by atoms with Crippen LogP contribution in [-0.4, -0.2) is 52.3 Å². The predicted octanol–water partition coefficient (Wildman–Crippen LogP) is 2.84. The van der Waals surface area contributed by atoms with Gasteiger partial charge in [-0.1, -0.05) is 18.2 Å². The molecule has 30 heavy (non-hydrogen) atoms. The summed E-state index contributed by atoms with van der Waals surface area (Å²) in [5.41, 5.74) is -1.55. The molecule has 0 fully saturated rings. The number of aliphatic carboxylic acids is 1. The van der Waals surface area contributed by atoms with Crippen LogP contribution >= 0.6 is 0 Å². The first-order valence-corrected chi connectivity index (χ1v) is 10.5. The summed E-state index contributed by atoms with van der Waals surface area (Å²) in [6.07, 6.45) is -4.73. The Balaban J connectivity index is 2.64. The standard InChI is InChI=1S/C20H22F3N3O3S/c1-12-14(10-24)17(13-6-4-5-7-15(13)20(21,22)23)18(19(27)28)16(25-12)11-30(29)9-8-26(2)3/h4-7,17,25H,8-9,11H2,1-3H3,(H,27,28). The minimum absolute atomic E-state index is 0.0538. The van der Waals surface area contributed by atoms with Crippen molar-refractivity contribution in [1.29, 1.82) is 5.26 Å². The van der Waals surface area contributed by atoms with Gasteiger partial charge in [-0.25, -0.2) is 4.79 Å². The molecule has 162 valence electrons. The van der Waals surface area contributed by atoms with Crippen molar-refractivity contribution in [3.63, 3.8) is 0 Å². The van der Waals surface area contributed by atoms with Gasteiger partial charge in [0.1, 0.15) is 0 Å². The molecule has 0 aliphatic carbocycles. The van der Waals surface area contributed by atoms with Gasteiger partial charge in [0.2, 0.25) is 0 Å². The van der Waals surface area contributed by atoms with E-state index in [0.29, 0.717) is 6.54 Å². The van der Waals surface area contributed by atoms with Crippen LogP contribution in [0.2, 0.25) is 0 Å². The fourth-order valence-corrected chi connectivity index (χ4v) is 4.51. The zero-order valence-electron chi connectivity index (χ0n) is 16.7. The lowest BCUT2D eigenvalue weighted by Crippen LogP contribution is -2.33. The average Bonchev–Trinajstić information content (AvgIpc) is 2.64. The van der Waals surface area contributed by atoms with Gasteiger partial charge in [-0.15, -0.1) is 0 Å². The first kappa shape index (κ1) is 23.6. The second-order valence-corrected chi connectivity index (χ2v) is 8.66. The largest absolute Gasteiger partial charge is 0.478 e. The Hall–Kier alpha value is -2.64. The highest BCUT2D eigenvalue weighted by molar-refractivity contribution is 7.85. The molecule has 1 aromatic carbocycles. The van der Waals surface area contributed by atoms with E-state index >= 15 is 0 Å². The SMILES string of the molecule is CC1=C(C#N)C(c2ccccc2C(F)(F)F)C(C(=O)O)=C(CS(=O)CCN(C)C)N1. The Kier molecular flexibility index (Phi) is 7.44. The molecule has 0 saturated heterocycles. The van der Waals surface area contributed by atoms with Gasteiger partial charge in [0.15, 0.2) is 0 Å². The van der Waals surface area contributed by atoms with Crippen LogP contribution in [0.4, 0.5) is 13.2 Å². The Morgan fingerprint density at radius 2 is 1.97 bits per heavy atom. The zero-order chi connectivity index (χ0) is 22.6. The number of dihydropyridines is 1. The first-order valence-electron chi connectivity index (χ1n) is 8.97. The number of nitrogens with zero attached hydrogens (tertiary/aromatic N) is 2. The summed E-state index contributed by atoms with van der Waals surface area (Å²) in [5.74, 6) is -2.80. The van der Waals surface area contributed by atoms with E-state index in [2.05, 4.69) is 5.32 Å². The third kappa shape index (κ3) is 5.29. The number of carboxylic acid groups (broad SMARTS) is 1. The molecule has 1 aliphatic heterocycles. The van der Waals surface area contributed by atoms with Gasteiger partial charge < -0.3 is 15.3 Å². The van der Waals surface area contributed by atoms with E-state index in [0.717, 1.165) is 6.07 Å². The average molecular weight is 441 g/mol. The predicted molar refractivity (Wildman–Crippen MR) is 107 cm³/mol. The van der Waals surface area contributed by atoms with E-state index in [1.807, 2.05) is 11.0 Å². The molecule has 6 nitrogen and oxygen atoms in total. The van der Waals surface area contributed by atoms with Crippen LogP contribution in [0, 0.1) is 11.3 Å². The number of alkyl halides is 3. The maximum absolute atomic E-state index is 13.6. The fourth-order valence-electron chi connectivity index (χ4n) is 3.25. The maximum Gasteiger partial charge on any atom is 0.416 e. The third-order valence-electron chi connectivity index (χ3n) is 4.64. The Morgan fingerprint density at radius 3 is 2.50 bits per heavy atom. The normalized spacial score (nSPS) is 18.3. The van der Waals surface area contributed by atoms with Crippen molar-refractivity contribution in [2.45, 2.75) is 19.0 Å². The lowest BCUT2D eigenvalue weighted by molar-refractivity contribution is -0.139. The summed E-state index contributed by atoms with van der Waals surface area (Å²) in [5, 5.41) is 22.2. The number of carboxylic acids is 1. The molecular formula is C20H22F3N3O3S. The van der Waals surface area contributed by atoms with Crippen molar-refractivity contribution in [2.75, 3.05) is 32.1 Å². The molecule has 2 N–H and O–H groups in total. The van der Waals surface area contributed by atoms with E-state index < -0.39 is 40.0 Å². The van der Waals surface area contributed by atoms with Crippen LogP contribution < -0.4 is 5.32 Å². The Labute approximate surface area is 175 Å². The van der Waals surface area contributed by atoms with Gasteiger partial charge in [-0.05, 0) is 32.6 Å². The highest BCUT2D eigenvalue weighted by Gasteiger charge is 2.41. The molecule has 0 bridgehead atoms. The number of rotatable bonds is 7. The molecule has 0 aromatic heterocycles. The van der Waals surface area contributed by atoms with Crippen molar-refractivity contribution in [3.8, 4) is 6.07 Å². The summed E-state index contributed by atoms with van der Waals surface area (Å²) in [6, 6.07) is 6.45. The summed E-state index contributed by atoms with van der Waals surface area (Å²) < 4.78 is 53.3. The van der Waals surface area contributed by atoms with E-state index in [-0.39, 0.29) is 34.0 Å². The van der Waals surface area contributed by atoms with Gasteiger partial charge in [-0.2, -0.15) is 18.4 Å². The number of benzene rings is 1. The zero-order valence-corrected chi connectivity index (χ0v) is 17.5. The number of carbonyl (C=O) groups is 1. The highest BCUT2D eigenvalue weighted by atomic mass is 32.2. The number of allylic oxidation sites excluding steroid dienone is 2. The monoisotopic (exact) mass is 441 g/mol. The molecule has 0 amide bonds. The second kappa shape index (κ2) is 9.45. The molecule has 1 aromatic rings. The van der Waals surface area contributed by atoms with Crippen LogP contribution in [-0.2, 0) is 21.8 Å². The van der Waals surface area contributed by atoms with Crippen molar-refractivity contribution in [3.05, 3.63) is 57.9 Å². The molecule has 0 spiro atoms. The van der Waals surface area contributed by atoms with Crippen molar-refractivity contribution < 1.29 is 27.3 Å². The second-order valence-electron chi connectivity index (χ2n) is 7.08. The number of hydrogen-bond donors (Lipinski definition) is 2. The van der Waals surface area contributed by atoms with Gasteiger partial charge in [-0.3, -0.25) is 4.21 Å². The smallest absolute Gasteiger partial charge is 0.416 e. The molecular weight excluding hydrogens is 419 g/mol. The van der Waals surface area contributed by atoms with Crippen molar-refractivity contribution >= 4 is 16.8 Å². The minimum Gasteiger partial charge on any atom is -0.478 e. The van der Waals surface area contributed by atoms with Crippen LogP contribution in [0.1, 0.15) is 24.0 Å². The number of hydrogen-bond acceptors (Lipinski definition) is 5. The molecule has 0 radical (unpaired) electrons. The van der Waals surface area contributed by atoms with Gasteiger partial charge in [0.25, 0.3) is 0 Å². The topological polar surface area (TPSA) is 93.4 Å². The lowest BCUT2D eigenvalue weighted by Gasteiger charge is -2.30. The molecule has 1 aliphatic rings. The highest BCUT2D eigenvalue weighted by Crippen LogP contribution is 2.43. The summed E-state index contributed by atoms with van der Waals surface area (Å²) in [6.45, 7) is 1.99. The van der Waals surface area contributed by atoms with Crippen molar-refractivity contribution in [2.24, 2.45) is 0 Å². The van der Waals surface area contributed by atoms with E-state index in [4.69, 9.17) is 0 Å². The van der Waals surface area contributed by atoms with Crippen LogP contribution in [0.25, 0.3) is 0 Å². The number of nitrogens with one attached hydrogen (secondary N) is 1. The summed E-state index contributed by atoms with van der Waals surface area (Å²) in [7, 11) is 2.15. The summed E-state index contributed by atoms with van der Waals surface area (Å²) >= 11 is 0. The number of halogens is 3. The maximum atomic E-state index is 13.6. The van der Waals surface area contributed by atoms with Crippen LogP contribution in [0.5, 0.6) is 0 Å². The minimum atomic E-state index is -4.73. The Bertz CT molecular complexity index is 962. The van der Waals surface area contributed by atoms with Crippen LogP contribution in [0.15, 0.2) is 46.8 Å². The Morgan fingerprint density at radius 1 is 1.33 bits per heavy atom. The molecule has 2 rings (SSSR count). The van der Waals surface area contributed by atoms with Gasteiger partial charge in [0.05, 0.1) is 34.4 Å². The van der Waals surface area contributed by atoms with Gasteiger partial charge in [0, 0.05) is 34.5 Å². The molecule has 1 heterocycles. The molecule has 2 unspecified atom stereocenters. The quantitative estimate of drug-likeness (QED) is 0.676. The van der Waals surface area contributed by atoms with E-state index in [1.165, 1.54) is 25.1 Å². The summed E-state index contributed by atoms with van der Waals surface area (Å²) in [4.78, 5) is 13.9. The first-order chi connectivity index (χ1) is 14.0. The van der Waals surface area contributed by atoms with E-state index in [9.17, 15) is 32.5 Å². The molecule has 2 atom stereocenters.